The zero-order valence-electron chi connectivity index (χ0n) is 12.0. The molecule has 0 saturated heterocycles. The highest BCUT2D eigenvalue weighted by Gasteiger charge is 2.15. The Kier molecular flexibility index (Phi) is 9.33. The highest BCUT2D eigenvalue weighted by Crippen LogP contribution is 2.07. The Hall–Kier alpha value is -1.06. The SMILES string of the molecule is CC(C)(C)OC(=O)NCCCCCCCCC=O. The average Bonchev–Trinajstić information content (AvgIpc) is 2.24. The van der Waals surface area contributed by atoms with Crippen molar-refractivity contribution in [1.29, 1.82) is 0 Å². The first-order chi connectivity index (χ1) is 8.45. The van der Waals surface area contributed by atoms with Gasteiger partial charge in [-0.1, -0.05) is 25.7 Å². The number of hydrogen-bond donors (Lipinski definition) is 1. The van der Waals surface area contributed by atoms with E-state index in [2.05, 4.69) is 5.32 Å². The molecule has 0 rings (SSSR count). The molecular formula is C14H27NO3. The topological polar surface area (TPSA) is 55.4 Å². The van der Waals surface area contributed by atoms with Gasteiger partial charge in [-0.3, -0.25) is 0 Å². The van der Waals surface area contributed by atoms with E-state index in [1.165, 1.54) is 6.42 Å². The lowest BCUT2D eigenvalue weighted by Gasteiger charge is -2.19. The van der Waals surface area contributed by atoms with Crippen LogP contribution in [0.5, 0.6) is 0 Å². The lowest BCUT2D eigenvalue weighted by atomic mass is 10.1. The molecule has 0 radical (unpaired) electrons. The monoisotopic (exact) mass is 257 g/mol. The lowest BCUT2D eigenvalue weighted by Crippen LogP contribution is -2.32. The molecule has 0 heterocycles. The molecule has 0 aliphatic rings. The van der Waals surface area contributed by atoms with Crippen molar-refractivity contribution < 1.29 is 14.3 Å². The van der Waals surface area contributed by atoms with Crippen LogP contribution in [0.2, 0.25) is 0 Å². The third-order valence-electron chi connectivity index (χ3n) is 2.42. The number of carbonyl (C=O) groups is 2. The fourth-order valence-electron chi connectivity index (χ4n) is 1.56. The molecular weight excluding hydrogens is 230 g/mol. The van der Waals surface area contributed by atoms with Crippen molar-refractivity contribution in [2.75, 3.05) is 6.54 Å². The summed E-state index contributed by atoms with van der Waals surface area (Å²) in [5.74, 6) is 0. The minimum Gasteiger partial charge on any atom is -0.444 e. The number of rotatable bonds is 9. The first-order valence-corrected chi connectivity index (χ1v) is 6.86. The molecule has 106 valence electrons. The Morgan fingerprint density at radius 2 is 1.61 bits per heavy atom. The molecule has 0 aromatic rings. The van der Waals surface area contributed by atoms with Crippen LogP contribution in [-0.4, -0.2) is 24.5 Å². The predicted molar refractivity (Wildman–Crippen MR) is 72.6 cm³/mol. The number of aldehydes is 1. The lowest BCUT2D eigenvalue weighted by molar-refractivity contribution is -0.107. The molecule has 0 unspecified atom stereocenters. The molecule has 0 spiro atoms. The second kappa shape index (κ2) is 9.92. The fraction of sp³-hybridized carbons (Fsp3) is 0.857. The number of hydrogen-bond acceptors (Lipinski definition) is 3. The maximum atomic E-state index is 11.3. The van der Waals surface area contributed by atoms with E-state index in [0.717, 1.165) is 38.4 Å². The molecule has 18 heavy (non-hydrogen) atoms. The quantitative estimate of drug-likeness (QED) is 0.508. The van der Waals surface area contributed by atoms with E-state index in [0.29, 0.717) is 13.0 Å². The largest absolute Gasteiger partial charge is 0.444 e. The molecule has 0 aromatic heterocycles. The Balaban J connectivity index is 3.25. The number of ether oxygens (including phenoxy) is 1. The fourth-order valence-corrected chi connectivity index (χ4v) is 1.56. The van der Waals surface area contributed by atoms with Gasteiger partial charge in [-0.25, -0.2) is 4.79 Å². The molecule has 4 heteroatoms. The van der Waals surface area contributed by atoms with Gasteiger partial charge in [0, 0.05) is 13.0 Å². The van der Waals surface area contributed by atoms with Crippen LogP contribution < -0.4 is 5.32 Å². The summed E-state index contributed by atoms with van der Waals surface area (Å²) in [6.45, 7) is 6.23. The Morgan fingerprint density at radius 1 is 1.06 bits per heavy atom. The van der Waals surface area contributed by atoms with Gasteiger partial charge in [0.25, 0.3) is 0 Å². The van der Waals surface area contributed by atoms with Crippen LogP contribution in [0.1, 0.15) is 65.7 Å². The molecule has 0 bridgehead atoms. The summed E-state index contributed by atoms with van der Waals surface area (Å²) in [5, 5.41) is 2.74. The summed E-state index contributed by atoms with van der Waals surface area (Å²) in [4.78, 5) is 21.4. The van der Waals surface area contributed by atoms with E-state index in [4.69, 9.17) is 4.74 Å². The standard InChI is InChI=1S/C14H27NO3/c1-14(2,3)18-13(17)15-11-9-7-5-4-6-8-10-12-16/h12H,4-11H2,1-3H3,(H,15,17). The molecule has 0 aliphatic carbocycles. The van der Waals surface area contributed by atoms with E-state index < -0.39 is 5.60 Å². The summed E-state index contributed by atoms with van der Waals surface area (Å²) >= 11 is 0. The highest BCUT2D eigenvalue weighted by molar-refractivity contribution is 5.67. The normalized spacial score (nSPS) is 11.1. The van der Waals surface area contributed by atoms with Gasteiger partial charge >= 0.3 is 6.09 Å². The first kappa shape index (κ1) is 16.9. The van der Waals surface area contributed by atoms with Crippen molar-refractivity contribution in [2.24, 2.45) is 0 Å². The van der Waals surface area contributed by atoms with Crippen LogP contribution in [0.15, 0.2) is 0 Å². The smallest absolute Gasteiger partial charge is 0.407 e. The average molecular weight is 257 g/mol. The maximum Gasteiger partial charge on any atom is 0.407 e. The number of nitrogens with one attached hydrogen (secondary N) is 1. The van der Waals surface area contributed by atoms with Crippen molar-refractivity contribution in [3.8, 4) is 0 Å². The second-order valence-electron chi connectivity index (χ2n) is 5.51. The van der Waals surface area contributed by atoms with Gasteiger partial charge in [0.1, 0.15) is 11.9 Å². The number of unbranched alkanes of at least 4 members (excludes halogenated alkanes) is 6. The first-order valence-electron chi connectivity index (χ1n) is 6.86. The van der Waals surface area contributed by atoms with E-state index >= 15 is 0 Å². The van der Waals surface area contributed by atoms with Crippen LogP contribution in [0, 0.1) is 0 Å². The second-order valence-corrected chi connectivity index (χ2v) is 5.51. The molecule has 0 atom stereocenters. The van der Waals surface area contributed by atoms with Gasteiger partial charge < -0.3 is 14.8 Å². The molecule has 1 amide bonds. The molecule has 0 fully saturated rings. The minimum absolute atomic E-state index is 0.339. The summed E-state index contributed by atoms with van der Waals surface area (Å²) in [6.07, 6.45) is 7.86. The summed E-state index contributed by atoms with van der Waals surface area (Å²) in [7, 11) is 0. The van der Waals surface area contributed by atoms with Crippen molar-refractivity contribution in [2.45, 2.75) is 71.3 Å². The number of alkyl carbamates (subject to hydrolysis) is 1. The Labute approximate surface area is 110 Å². The van der Waals surface area contributed by atoms with Crippen LogP contribution >= 0.6 is 0 Å². The third kappa shape index (κ3) is 13.0. The summed E-state index contributed by atoms with van der Waals surface area (Å²) < 4.78 is 5.13. The van der Waals surface area contributed by atoms with Crippen LogP contribution in [0.4, 0.5) is 4.79 Å². The van der Waals surface area contributed by atoms with Crippen molar-refractivity contribution >= 4 is 12.4 Å². The van der Waals surface area contributed by atoms with Gasteiger partial charge in [-0.2, -0.15) is 0 Å². The molecule has 0 aliphatic heterocycles. The van der Waals surface area contributed by atoms with Crippen LogP contribution in [0.3, 0.4) is 0 Å². The van der Waals surface area contributed by atoms with Gasteiger partial charge in [0.2, 0.25) is 0 Å². The van der Waals surface area contributed by atoms with Crippen molar-refractivity contribution in [3.05, 3.63) is 0 Å². The molecule has 1 N–H and O–H groups in total. The Bertz CT molecular complexity index is 234. The summed E-state index contributed by atoms with van der Waals surface area (Å²) in [6, 6.07) is 0. The summed E-state index contributed by atoms with van der Waals surface area (Å²) in [5.41, 5.74) is -0.428. The molecule has 0 saturated carbocycles. The zero-order chi connectivity index (χ0) is 13.9. The van der Waals surface area contributed by atoms with Crippen molar-refractivity contribution in [1.82, 2.24) is 5.32 Å². The van der Waals surface area contributed by atoms with E-state index in [9.17, 15) is 9.59 Å². The van der Waals surface area contributed by atoms with Gasteiger partial charge in [0.15, 0.2) is 0 Å². The molecule has 0 aromatic carbocycles. The van der Waals surface area contributed by atoms with Gasteiger partial charge in [-0.15, -0.1) is 0 Å². The Morgan fingerprint density at radius 3 is 2.17 bits per heavy atom. The highest BCUT2D eigenvalue weighted by atomic mass is 16.6. The van der Waals surface area contributed by atoms with Crippen LogP contribution in [-0.2, 0) is 9.53 Å². The van der Waals surface area contributed by atoms with Gasteiger partial charge in [-0.05, 0) is 33.6 Å². The van der Waals surface area contributed by atoms with E-state index in [-0.39, 0.29) is 6.09 Å². The number of carbonyl (C=O) groups excluding carboxylic acids is 2. The molecule has 4 nitrogen and oxygen atoms in total. The van der Waals surface area contributed by atoms with Crippen LogP contribution in [0.25, 0.3) is 0 Å². The minimum atomic E-state index is -0.428. The van der Waals surface area contributed by atoms with E-state index in [1.807, 2.05) is 20.8 Å². The maximum absolute atomic E-state index is 11.3. The van der Waals surface area contributed by atoms with Crippen molar-refractivity contribution in [3.63, 3.8) is 0 Å². The third-order valence-corrected chi connectivity index (χ3v) is 2.42. The van der Waals surface area contributed by atoms with E-state index in [1.54, 1.807) is 0 Å². The zero-order valence-corrected chi connectivity index (χ0v) is 12.0. The number of amides is 1. The van der Waals surface area contributed by atoms with Gasteiger partial charge in [0.05, 0.1) is 0 Å². The predicted octanol–water partition coefficient (Wildman–Crippen LogP) is 3.44.